The van der Waals surface area contributed by atoms with Gasteiger partial charge in [0.05, 0.1) is 25.4 Å². The molecule has 2 aromatic carbocycles. The molecule has 0 aliphatic carbocycles. The number of aryl methyl sites for hydroxylation is 2. The Morgan fingerprint density at radius 3 is 2.37 bits per heavy atom. The summed E-state index contributed by atoms with van der Waals surface area (Å²) in [5.41, 5.74) is 2.11. The average molecular weight is 413 g/mol. The monoisotopic (exact) mass is 413 g/mol. The summed E-state index contributed by atoms with van der Waals surface area (Å²) in [6.45, 7) is 8.10. The van der Waals surface area contributed by atoms with Crippen LogP contribution >= 0.6 is 0 Å². The molecule has 0 aromatic heterocycles. The number of hydrogen-bond acceptors (Lipinski definition) is 6. The maximum atomic E-state index is 12.7. The molecule has 0 unspecified atom stereocenters. The third-order valence-electron chi connectivity index (χ3n) is 4.80. The standard InChI is InChI=1S/C23H27NO6/c1-4-28-20-14-18(23(26)30-22-16(2)6-5-7-17(22)3)8-9-19(20)29-15-21(25)24-10-12-27-13-11-24/h5-9,14H,4,10-13,15H2,1-3H3. The minimum Gasteiger partial charge on any atom is -0.490 e. The molecule has 1 aliphatic rings. The molecule has 1 saturated heterocycles. The Hall–Kier alpha value is -3.06. The SMILES string of the molecule is CCOc1cc(C(=O)Oc2c(C)cccc2C)ccc1OCC(=O)N1CCOCC1. The number of para-hydroxylation sites is 1. The molecule has 160 valence electrons. The Labute approximate surface area is 176 Å². The number of carbonyl (C=O) groups is 2. The van der Waals surface area contributed by atoms with Crippen LogP contribution in [-0.4, -0.2) is 56.3 Å². The first kappa shape index (κ1) is 21.6. The van der Waals surface area contributed by atoms with Crippen LogP contribution in [0.4, 0.5) is 0 Å². The quantitative estimate of drug-likeness (QED) is 0.513. The van der Waals surface area contributed by atoms with Crippen molar-refractivity contribution in [3.8, 4) is 17.2 Å². The molecule has 0 radical (unpaired) electrons. The molecular formula is C23H27NO6. The molecule has 0 saturated carbocycles. The second-order valence-corrected chi connectivity index (χ2v) is 6.99. The van der Waals surface area contributed by atoms with Crippen molar-refractivity contribution in [2.45, 2.75) is 20.8 Å². The fourth-order valence-corrected chi connectivity index (χ4v) is 3.18. The van der Waals surface area contributed by atoms with Gasteiger partial charge in [0.15, 0.2) is 18.1 Å². The first-order chi connectivity index (χ1) is 14.5. The van der Waals surface area contributed by atoms with Gasteiger partial charge in [-0.05, 0) is 50.1 Å². The molecule has 0 bridgehead atoms. The molecule has 0 atom stereocenters. The topological polar surface area (TPSA) is 74.3 Å². The van der Waals surface area contributed by atoms with Crippen molar-refractivity contribution in [3.63, 3.8) is 0 Å². The molecule has 1 aliphatic heterocycles. The van der Waals surface area contributed by atoms with E-state index in [4.69, 9.17) is 18.9 Å². The van der Waals surface area contributed by atoms with Crippen LogP contribution in [0.1, 0.15) is 28.4 Å². The van der Waals surface area contributed by atoms with Crippen LogP contribution in [0, 0.1) is 13.8 Å². The van der Waals surface area contributed by atoms with Crippen molar-refractivity contribution in [1.82, 2.24) is 4.90 Å². The van der Waals surface area contributed by atoms with Crippen molar-refractivity contribution < 1.29 is 28.5 Å². The Kier molecular flexibility index (Phi) is 7.30. The number of amides is 1. The van der Waals surface area contributed by atoms with Crippen molar-refractivity contribution in [2.24, 2.45) is 0 Å². The van der Waals surface area contributed by atoms with Gasteiger partial charge in [0.2, 0.25) is 0 Å². The van der Waals surface area contributed by atoms with E-state index in [2.05, 4.69) is 0 Å². The molecule has 7 heteroatoms. The van der Waals surface area contributed by atoms with Crippen LogP contribution in [-0.2, 0) is 9.53 Å². The predicted molar refractivity (Wildman–Crippen MR) is 111 cm³/mol. The maximum absolute atomic E-state index is 12.7. The minimum absolute atomic E-state index is 0.105. The predicted octanol–water partition coefficient (Wildman–Crippen LogP) is 3.16. The van der Waals surface area contributed by atoms with E-state index in [0.29, 0.717) is 55.7 Å². The molecular weight excluding hydrogens is 386 g/mol. The van der Waals surface area contributed by atoms with Gasteiger partial charge in [-0.2, -0.15) is 0 Å². The lowest BCUT2D eigenvalue weighted by atomic mass is 10.1. The van der Waals surface area contributed by atoms with E-state index in [9.17, 15) is 9.59 Å². The van der Waals surface area contributed by atoms with Gasteiger partial charge in [-0.3, -0.25) is 4.79 Å². The van der Waals surface area contributed by atoms with Crippen molar-refractivity contribution in [1.29, 1.82) is 0 Å². The van der Waals surface area contributed by atoms with E-state index in [1.165, 1.54) is 0 Å². The van der Waals surface area contributed by atoms with Crippen LogP contribution in [0.5, 0.6) is 17.2 Å². The molecule has 0 spiro atoms. The molecule has 7 nitrogen and oxygen atoms in total. The Morgan fingerprint density at radius 1 is 1.00 bits per heavy atom. The van der Waals surface area contributed by atoms with Gasteiger partial charge in [-0.15, -0.1) is 0 Å². The Balaban J connectivity index is 1.71. The Morgan fingerprint density at radius 2 is 1.70 bits per heavy atom. The fourth-order valence-electron chi connectivity index (χ4n) is 3.18. The number of morpholine rings is 1. The lowest BCUT2D eigenvalue weighted by Crippen LogP contribution is -2.43. The van der Waals surface area contributed by atoms with Gasteiger partial charge >= 0.3 is 5.97 Å². The summed E-state index contributed by atoms with van der Waals surface area (Å²) < 4.78 is 22.2. The van der Waals surface area contributed by atoms with Gasteiger partial charge in [0.25, 0.3) is 5.91 Å². The lowest BCUT2D eigenvalue weighted by Gasteiger charge is -2.26. The summed E-state index contributed by atoms with van der Waals surface area (Å²) in [4.78, 5) is 26.7. The van der Waals surface area contributed by atoms with Crippen LogP contribution in [0.25, 0.3) is 0 Å². The normalized spacial score (nSPS) is 13.6. The molecule has 1 fully saturated rings. The van der Waals surface area contributed by atoms with E-state index < -0.39 is 5.97 Å². The second-order valence-electron chi connectivity index (χ2n) is 6.99. The molecule has 1 heterocycles. The summed E-state index contributed by atoms with van der Waals surface area (Å²) in [5.74, 6) is 0.755. The largest absolute Gasteiger partial charge is 0.490 e. The molecule has 3 rings (SSSR count). The molecule has 30 heavy (non-hydrogen) atoms. The first-order valence-corrected chi connectivity index (χ1v) is 10.0. The van der Waals surface area contributed by atoms with E-state index >= 15 is 0 Å². The number of esters is 1. The first-order valence-electron chi connectivity index (χ1n) is 10.0. The summed E-state index contributed by atoms with van der Waals surface area (Å²) in [6, 6.07) is 10.5. The van der Waals surface area contributed by atoms with Crippen molar-refractivity contribution >= 4 is 11.9 Å². The Bertz CT molecular complexity index is 884. The smallest absolute Gasteiger partial charge is 0.343 e. The van der Waals surface area contributed by atoms with Crippen LogP contribution in [0.2, 0.25) is 0 Å². The van der Waals surface area contributed by atoms with Crippen molar-refractivity contribution in [3.05, 3.63) is 53.1 Å². The van der Waals surface area contributed by atoms with Crippen LogP contribution in [0.3, 0.4) is 0 Å². The summed E-state index contributed by atoms with van der Waals surface area (Å²) in [6.07, 6.45) is 0. The zero-order valence-electron chi connectivity index (χ0n) is 17.6. The van der Waals surface area contributed by atoms with Gasteiger partial charge in [0, 0.05) is 13.1 Å². The number of nitrogens with zero attached hydrogens (tertiary/aromatic N) is 1. The highest BCUT2D eigenvalue weighted by molar-refractivity contribution is 5.92. The minimum atomic E-state index is -0.482. The van der Waals surface area contributed by atoms with Crippen LogP contribution < -0.4 is 14.2 Å². The lowest BCUT2D eigenvalue weighted by molar-refractivity contribution is -0.137. The third-order valence-corrected chi connectivity index (χ3v) is 4.80. The molecule has 2 aromatic rings. The van der Waals surface area contributed by atoms with Gasteiger partial charge in [-0.25, -0.2) is 4.79 Å². The fraction of sp³-hybridized carbons (Fsp3) is 0.391. The molecule has 1 amide bonds. The number of rotatable bonds is 7. The zero-order chi connectivity index (χ0) is 21.5. The van der Waals surface area contributed by atoms with Gasteiger partial charge in [-0.1, -0.05) is 18.2 Å². The highest BCUT2D eigenvalue weighted by Crippen LogP contribution is 2.30. The van der Waals surface area contributed by atoms with Crippen LogP contribution in [0.15, 0.2) is 36.4 Å². The number of benzene rings is 2. The maximum Gasteiger partial charge on any atom is 0.343 e. The summed E-state index contributed by atoms with van der Waals surface area (Å²) in [5, 5.41) is 0. The average Bonchev–Trinajstić information content (AvgIpc) is 2.76. The summed E-state index contributed by atoms with van der Waals surface area (Å²) >= 11 is 0. The van der Waals surface area contributed by atoms with E-state index in [-0.39, 0.29) is 12.5 Å². The van der Waals surface area contributed by atoms with Gasteiger partial charge in [0.1, 0.15) is 5.75 Å². The number of carbonyl (C=O) groups excluding carboxylic acids is 2. The second kappa shape index (κ2) is 10.1. The van der Waals surface area contributed by atoms with Gasteiger partial charge < -0.3 is 23.8 Å². The van der Waals surface area contributed by atoms with E-state index in [0.717, 1.165) is 11.1 Å². The highest BCUT2D eigenvalue weighted by Gasteiger charge is 2.19. The summed E-state index contributed by atoms with van der Waals surface area (Å²) in [7, 11) is 0. The number of ether oxygens (including phenoxy) is 4. The third kappa shape index (κ3) is 5.30. The van der Waals surface area contributed by atoms with E-state index in [1.54, 1.807) is 23.1 Å². The molecule has 0 N–H and O–H groups in total. The highest BCUT2D eigenvalue weighted by atomic mass is 16.5. The number of hydrogen-bond donors (Lipinski definition) is 0. The van der Waals surface area contributed by atoms with E-state index in [1.807, 2.05) is 39.0 Å². The van der Waals surface area contributed by atoms with Crippen molar-refractivity contribution in [2.75, 3.05) is 39.5 Å². The zero-order valence-corrected chi connectivity index (χ0v) is 17.6.